The topological polar surface area (TPSA) is 40.5 Å². The molecule has 0 amide bonds. The smallest absolute Gasteiger partial charge is 0.320 e. The Morgan fingerprint density at radius 3 is 3.00 bits per heavy atom. The molecule has 3 nitrogen and oxygen atoms in total. The van der Waals surface area contributed by atoms with Gasteiger partial charge < -0.3 is 5.11 Å². The summed E-state index contributed by atoms with van der Waals surface area (Å²) in [6.07, 6.45) is 1.56. The predicted octanol–water partition coefficient (Wildman–Crippen LogP) is 2.64. The number of hydrogen-bond donors (Lipinski definition) is 1. The van der Waals surface area contributed by atoms with Gasteiger partial charge in [-0.2, -0.15) is 0 Å². The Bertz CT molecular complexity index is 439. The molecule has 0 aliphatic carbocycles. The van der Waals surface area contributed by atoms with Crippen LogP contribution in [-0.4, -0.2) is 28.6 Å². The van der Waals surface area contributed by atoms with Crippen LogP contribution in [0.3, 0.4) is 0 Å². The first-order valence-corrected chi connectivity index (χ1v) is 6.28. The first-order valence-electron chi connectivity index (χ1n) is 5.48. The normalized spacial score (nSPS) is 20.7. The van der Waals surface area contributed by atoms with E-state index in [-0.39, 0.29) is 5.82 Å². The Labute approximate surface area is 107 Å². The summed E-state index contributed by atoms with van der Waals surface area (Å²) < 4.78 is 13.8. The lowest BCUT2D eigenvalue weighted by molar-refractivity contribution is -0.142. The van der Waals surface area contributed by atoms with Gasteiger partial charge in [-0.05, 0) is 53.0 Å². The van der Waals surface area contributed by atoms with E-state index in [4.69, 9.17) is 5.11 Å². The quantitative estimate of drug-likeness (QED) is 0.933. The standard InChI is InChI=1S/C12H13BrFNO2/c13-9-4-3-8(6-10(9)14)7-15-5-1-2-11(15)12(16)17/h3-4,6,11H,1-2,5,7H2,(H,16,17)/t11-/m0/s1. The van der Waals surface area contributed by atoms with Crippen molar-refractivity contribution in [1.29, 1.82) is 0 Å². The van der Waals surface area contributed by atoms with Crippen molar-refractivity contribution in [2.45, 2.75) is 25.4 Å². The van der Waals surface area contributed by atoms with Crippen LogP contribution in [0.15, 0.2) is 22.7 Å². The third-order valence-electron chi connectivity index (χ3n) is 3.02. The third kappa shape index (κ3) is 2.84. The molecule has 1 fully saturated rings. The number of carbonyl (C=O) groups is 1. The van der Waals surface area contributed by atoms with Crippen LogP contribution in [0.1, 0.15) is 18.4 Å². The Kier molecular flexibility index (Phi) is 3.79. The van der Waals surface area contributed by atoms with E-state index in [0.29, 0.717) is 17.4 Å². The summed E-state index contributed by atoms with van der Waals surface area (Å²) in [6, 6.07) is 4.48. The second-order valence-electron chi connectivity index (χ2n) is 4.22. The van der Waals surface area contributed by atoms with E-state index >= 15 is 0 Å². The number of aliphatic carboxylic acids is 1. The molecule has 5 heteroatoms. The lowest BCUT2D eigenvalue weighted by atomic mass is 10.2. The summed E-state index contributed by atoms with van der Waals surface area (Å²) in [5, 5.41) is 9.04. The highest BCUT2D eigenvalue weighted by Gasteiger charge is 2.30. The zero-order valence-corrected chi connectivity index (χ0v) is 10.8. The SMILES string of the molecule is O=C(O)[C@@H]1CCCN1Cc1ccc(Br)c(F)c1. The van der Waals surface area contributed by atoms with Crippen molar-refractivity contribution >= 4 is 21.9 Å². The number of carboxylic acid groups (broad SMARTS) is 1. The van der Waals surface area contributed by atoms with Gasteiger partial charge in [-0.25, -0.2) is 4.39 Å². The summed E-state index contributed by atoms with van der Waals surface area (Å²) >= 11 is 3.09. The largest absolute Gasteiger partial charge is 0.480 e. The number of carboxylic acids is 1. The van der Waals surface area contributed by atoms with Gasteiger partial charge in [0.25, 0.3) is 0 Å². The first kappa shape index (κ1) is 12.5. The Morgan fingerprint density at radius 2 is 2.35 bits per heavy atom. The number of likely N-dealkylation sites (tertiary alicyclic amines) is 1. The molecule has 92 valence electrons. The van der Waals surface area contributed by atoms with Gasteiger partial charge in [-0.3, -0.25) is 9.69 Å². The molecule has 1 atom stereocenters. The molecule has 0 radical (unpaired) electrons. The van der Waals surface area contributed by atoms with E-state index < -0.39 is 12.0 Å². The maximum absolute atomic E-state index is 13.3. The lowest BCUT2D eigenvalue weighted by Crippen LogP contribution is -2.35. The van der Waals surface area contributed by atoms with Crippen LogP contribution in [0.5, 0.6) is 0 Å². The fraction of sp³-hybridized carbons (Fsp3) is 0.417. The molecule has 0 spiro atoms. The second-order valence-corrected chi connectivity index (χ2v) is 5.07. The molecule has 0 bridgehead atoms. The highest BCUT2D eigenvalue weighted by Crippen LogP contribution is 2.22. The molecule has 1 N–H and O–H groups in total. The van der Waals surface area contributed by atoms with Crippen LogP contribution in [0.2, 0.25) is 0 Å². The summed E-state index contributed by atoms with van der Waals surface area (Å²) in [7, 11) is 0. The average molecular weight is 302 g/mol. The van der Waals surface area contributed by atoms with Gasteiger partial charge in [0.15, 0.2) is 0 Å². The van der Waals surface area contributed by atoms with Crippen molar-refractivity contribution in [2.75, 3.05) is 6.54 Å². The maximum atomic E-state index is 13.3. The lowest BCUT2D eigenvalue weighted by Gasteiger charge is -2.21. The van der Waals surface area contributed by atoms with Gasteiger partial charge >= 0.3 is 5.97 Å². The Balaban J connectivity index is 2.09. The average Bonchev–Trinajstić information content (AvgIpc) is 2.72. The molecule has 1 aromatic rings. The van der Waals surface area contributed by atoms with Crippen molar-refractivity contribution in [3.63, 3.8) is 0 Å². The van der Waals surface area contributed by atoms with Crippen LogP contribution in [-0.2, 0) is 11.3 Å². The monoisotopic (exact) mass is 301 g/mol. The highest BCUT2D eigenvalue weighted by atomic mass is 79.9. The molecule has 2 rings (SSSR count). The third-order valence-corrected chi connectivity index (χ3v) is 3.66. The summed E-state index contributed by atoms with van der Waals surface area (Å²) in [6.45, 7) is 1.25. The van der Waals surface area contributed by atoms with Gasteiger partial charge in [0.05, 0.1) is 4.47 Å². The van der Waals surface area contributed by atoms with E-state index in [1.54, 1.807) is 6.07 Å². The zero-order chi connectivity index (χ0) is 12.4. The molecule has 1 saturated heterocycles. The highest BCUT2D eigenvalue weighted by molar-refractivity contribution is 9.10. The second kappa shape index (κ2) is 5.14. The fourth-order valence-electron chi connectivity index (χ4n) is 2.17. The molecule has 0 unspecified atom stereocenters. The molecule has 1 aliphatic rings. The summed E-state index contributed by atoms with van der Waals surface area (Å²) in [5.41, 5.74) is 0.804. The molecule has 0 aromatic heterocycles. The minimum absolute atomic E-state index is 0.312. The van der Waals surface area contributed by atoms with Crippen molar-refractivity contribution in [3.8, 4) is 0 Å². The molecule has 1 heterocycles. The van der Waals surface area contributed by atoms with E-state index in [1.807, 2.05) is 11.0 Å². The summed E-state index contributed by atoms with van der Waals surface area (Å²) in [4.78, 5) is 12.9. The molecule has 0 saturated carbocycles. The van der Waals surface area contributed by atoms with Crippen molar-refractivity contribution in [2.24, 2.45) is 0 Å². The Morgan fingerprint density at radius 1 is 1.59 bits per heavy atom. The van der Waals surface area contributed by atoms with E-state index in [0.717, 1.165) is 18.5 Å². The maximum Gasteiger partial charge on any atom is 0.320 e. The molecule has 17 heavy (non-hydrogen) atoms. The summed E-state index contributed by atoms with van der Waals surface area (Å²) in [5.74, 6) is -1.10. The number of rotatable bonds is 3. The van der Waals surface area contributed by atoms with E-state index in [9.17, 15) is 9.18 Å². The molecule has 1 aromatic carbocycles. The predicted molar refractivity (Wildman–Crippen MR) is 65.2 cm³/mol. The van der Waals surface area contributed by atoms with Gasteiger partial charge in [0, 0.05) is 6.54 Å². The van der Waals surface area contributed by atoms with Crippen LogP contribution in [0, 0.1) is 5.82 Å². The number of benzene rings is 1. The van der Waals surface area contributed by atoms with Crippen LogP contribution >= 0.6 is 15.9 Å². The van der Waals surface area contributed by atoms with Gasteiger partial charge in [0.1, 0.15) is 11.9 Å². The van der Waals surface area contributed by atoms with Crippen molar-refractivity contribution in [1.82, 2.24) is 4.90 Å². The zero-order valence-electron chi connectivity index (χ0n) is 9.20. The minimum Gasteiger partial charge on any atom is -0.480 e. The fourth-order valence-corrected chi connectivity index (χ4v) is 2.41. The van der Waals surface area contributed by atoms with Crippen LogP contribution in [0.4, 0.5) is 4.39 Å². The molecular formula is C12H13BrFNO2. The first-order chi connectivity index (χ1) is 8.08. The van der Waals surface area contributed by atoms with Crippen LogP contribution < -0.4 is 0 Å². The van der Waals surface area contributed by atoms with Crippen molar-refractivity contribution in [3.05, 3.63) is 34.1 Å². The molecular weight excluding hydrogens is 289 g/mol. The number of hydrogen-bond acceptors (Lipinski definition) is 2. The van der Waals surface area contributed by atoms with Crippen LogP contribution in [0.25, 0.3) is 0 Å². The van der Waals surface area contributed by atoms with Gasteiger partial charge in [-0.15, -0.1) is 0 Å². The van der Waals surface area contributed by atoms with E-state index in [2.05, 4.69) is 15.9 Å². The van der Waals surface area contributed by atoms with E-state index in [1.165, 1.54) is 6.07 Å². The van der Waals surface area contributed by atoms with Crippen molar-refractivity contribution < 1.29 is 14.3 Å². The minimum atomic E-state index is -0.792. The Hall–Kier alpha value is -0.940. The molecule has 1 aliphatic heterocycles. The number of halogens is 2. The van der Waals surface area contributed by atoms with Gasteiger partial charge in [0.2, 0.25) is 0 Å². The number of nitrogens with zero attached hydrogens (tertiary/aromatic N) is 1. The van der Waals surface area contributed by atoms with Gasteiger partial charge in [-0.1, -0.05) is 6.07 Å².